The van der Waals surface area contributed by atoms with Crippen molar-refractivity contribution in [3.63, 3.8) is 0 Å². The maximum atomic E-state index is 9.17. The van der Waals surface area contributed by atoms with E-state index in [-0.39, 0.29) is 6.61 Å². The molecule has 4 aromatic rings. The van der Waals surface area contributed by atoms with Crippen molar-refractivity contribution >= 4 is 45.5 Å². The summed E-state index contributed by atoms with van der Waals surface area (Å²) in [6.07, 6.45) is 3.84. The quantitative estimate of drug-likeness (QED) is 0.297. The van der Waals surface area contributed by atoms with Gasteiger partial charge in [0.25, 0.3) is 0 Å². The molecule has 0 unspecified atom stereocenters. The van der Waals surface area contributed by atoms with Crippen molar-refractivity contribution in [2.24, 2.45) is 0 Å². The predicted molar refractivity (Wildman–Crippen MR) is 156 cm³/mol. The van der Waals surface area contributed by atoms with Crippen LogP contribution in [0.15, 0.2) is 48.0 Å². The second-order valence-electron chi connectivity index (χ2n) is 10.1. The molecule has 2 saturated heterocycles. The van der Waals surface area contributed by atoms with Crippen LogP contribution in [0.2, 0.25) is 5.02 Å². The molecule has 8 nitrogen and oxygen atoms in total. The maximum Gasteiger partial charge on any atom is 0.159 e. The highest BCUT2D eigenvalue weighted by Gasteiger charge is 2.23. The molecule has 0 bridgehead atoms. The van der Waals surface area contributed by atoms with Crippen LogP contribution in [-0.4, -0.2) is 88.3 Å². The number of imidazole rings is 1. The lowest BCUT2D eigenvalue weighted by molar-refractivity contribution is 0.189. The predicted octanol–water partition coefficient (Wildman–Crippen LogP) is 4.53. The first kappa shape index (κ1) is 25.6. The number of nitrogens with one attached hydrogen (secondary N) is 2. The van der Waals surface area contributed by atoms with E-state index in [0.717, 1.165) is 93.4 Å². The van der Waals surface area contributed by atoms with Gasteiger partial charge >= 0.3 is 0 Å². The number of aromatic amines is 1. The second-order valence-corrected chi connectivity index (χ2v) is 11.6. The van der Waals surface area contributed by atoms with Crippen LogP contribution in [0.3, 0.4) is 0 Å². The number of thiophene rings is 1. The number of piperidine rings is 1. The number of fused-ring (bicyclic) bond motifs is 1. The Balaban J connectivity index is 1.13. The highest BCUT2D eigenvalue weighted by molar-refractivity contribution is 7.09. The molecule has 2 fully saturated rings. The number of likely N-dealkylation sites (tertiary alicyclic amines) is 1. The largest absolute Gasteiger partial charge is 0.395 e. The van der Waals surface area contributed by atoms with E-state index in [9.17, 15) is 5.11 Å². The van der Waals surface area contributed by atoms with Crippen molar-refractivity contribution in [3.8, 4) is 11.4 Å². The standard InChI is InChI=1S/C28H34ClN7OS/c29-24-18-30-28-26(25(24)31-21-7-9-35(10-8-21)19-23-2-1-17-38-23)32-27(33-28)20-3-5-22(6-4-20)36-13-11-34(12-14-36)15-16-37/h1-6,17-18,21,37H,7-16,19H2,(H2,30,31,32,33). The topological polar surface area (TPSA) is 83.6 Å². The number of piperazine rings is 1. The number of nitrogens with zero attached hydrogens (tertiary/aromatic N) is 5. The van der Waals surface area contributed by atoms with E-state index in [0.29, 0.717) is 11.1 Å². The number of aliphatic hydroxyl groups excluding tert-OH is 1. The van der Waals surface area contributed by atoms with Crippen molar-refractivity contribution in [1.82, 2.24) is 24.8 Å². The Hall–Kier alpha value is -2.69. The Morgan fingerprint density at radius 3 is 2.53 bits per heavy atom. The molecule has 6 rings (SSSR count). The Morgan fingerprint density at radius 2 is 1.82 bits per heavy atom. The zero-order valence-corrected chi connectivity index (χ0v) is 23.0. The molecule has 2 aliphatic heterocycles. The van der Waals surface area contributed by atoms with E-state index in [1.807, 2.05) is 11.3 Å². The summed E-state index contributed by atoms with van der Waals surface area (Å²) in [4.78, 5) is 21.5. The van der Waals surface area contributed by atoms with Crippen LogP contribution in [0.4, 0.5) is 11.4 Å². The zero-order chi connectivity index (χ0) is 25.9. The SMILES string of the molecule is OCCN1CCN(c2ccc(-c3nc4c(NC5CCN(Cc6cccs6)CC5)c(Cl)cnc4[nH]3)cc2)CC1. The molecule has 1 aromatic carbocycles. The number of hydrogen-bond donors (Lipinski definition) is 3. The van der Waals surface area contributed by atoms with Gasteiger partial charge in [0, 0.05) is 74.5 Å². The molecular formula is C28H34ClN7OS. The van der Waals surface area contributed by atoms with Gasteiger partial charge in [-0.05, 0) is 48.6 Å². The van der Waals surface area contributed by atoms with E-state index in [4.69, 9.17) is 16.6 Å². The van der Waals surface area contributed by atoms with Gasteiger partial charge in [-0.25, -0.2) is 9.97 Å². The number of anilines is 2. The first-order valence-corrected chi connectivity index (χ1v) is 14.7. The van der Waals surface area contributed by atoms with Gasteiger partial charge in [-0.2, -0.15) is 0 Å². The smallest absolute Gasteiger partial charge is 0.159 e. The monoisotopic (exact) mass is 551 g/mol. The summed E-state index contributed by atoms with van der Waals surface area (Å²) >= 11 is 8.46. The first-order chi connectivity index (χ1) is 18.7. The molecule has 0 saturated carbocycles. The van der Waals surface area contributed by atoms with E-state index in [1.165, 1.54) is 10.6 Å². The summed E-state index contributed by atoms with van der Waals surface area (Å²) in [5.41, 5.74) is 4.63. The number of aromatic nitrogens is 3. The third kappa shape index (κ3) is 5.67. The Morgan fingerprint density at radius 1 is 1.03 bits per heavy atom. The maximum absolute atomic E-state index is 9.17. The minimum atomic E-state index is 0.221. The number of pyridine rings is 1. The van der Waals surface area contributed by atoms with E-state index in [2.05, 4.69) is 71.8 Å². The van der Waals surface area contributed by atoms with Crippen molar-refractivity contribution in [2.45, 2.75) is 25.4 Å². The van der Waals surface area contributed by atoms with Crippen LogP contribution >= 0.6 is 22.9 Å². The van der Waals surface area contributed by atoms with Gasteiger partial charge in [0.05, 0.1) is 23.5 Å². The molecule has 0 atom stereocenters. The van der Waals surface area contributed by atoms with Gasteiger partial charge in [0.1, 0.15) is 11.3 Å². The number of rotatable bonds is 8. The van der Waals surface area contributed by atoms with Gasteiger partial charge < -0.3 is 20.3 Å². The van der Waals surface area contributed by atoms with Gasteiger partial charge in [-0.1, -0.05) is 17.7 Å². The minimum Gasteiger partial charge on any atom is -0.395 e. The molecule has 5 heterocycles. The van der Waals surface area contributed by atoms with Gasteiger partial charge in [0.2, 0.25) is 0 Å². The van der Waals surface area contributed by atoms with Gasteiger partial charge in [0.15, 0.2) is 5.65 Å². The van der Waals surface area contributed by atoms with Crippen molar-refractivity contribution in [2.75, 3.05) is 62.6 Å². The lowest BCUT2D eigenvalue weighted by Gasteiger charge is -2.35. The molecule has 2 aliphatic rings. The van der Waals surface area contributed by atoms with E-state index >= 15 is 0 Å². The highest BCUT2D eigenvalue weighted by Crippen LogP contribution is 2.33. The Labute approximate surface area is 232 Å². The molecule has 3 N–H and O–H groups in total. The average molecular weight is 552 g/mol. The lowest BCUT2D eigenvalue weighted by Crippen LogP contribution is -2.47. The summed E-state index contributed by atoms with van der Waals surface area (Å²) < 4.78 is 0. The fraction of sp³-hybridized carbons (Fsp3) is 0.429. The van der Waals surface area contributed by atoms with Crippen LogP contribution in [0, 0.1) is 0 Å². The normalized spacial score (nSPS) is 17.9. The molecule has 0 spiro atoms. The van der Waals surface area contributed by atoms with Crippen molar-refractivity contribution in [1.29, 1.82) is 0 Å². The fourth-order valence-electron chi connectivity index (χ4n) is 5.47. The molecule has 3 aromatic heterocycles. The Kier molecular flexibility index (Phi) is 7.80. The summed E-state index contributed by atoms with van der Waals surface area (Å²) in [6.45, 7) is 8.02. The summed E-state index contributed by atoms with van der Waals surface area (Å²) in [5.74, 6) is 0.794. The summed E-state index contributed by atoms with van der Waals surface area (Å²) in [6, 6.07) is 13.2. The second kappa shape index (κ2) is 11.6. The van der Waals surface area contributed by atoms with E-state index < -0.39 is 0 Å². The van der Waals surface area contributed by atoms with E-state index in [1.54, 1.807) is 6.20 Å². The van der Waals surface area contributed by atoms with Crippen molar-refractivity contribution in [3.05, 3.63) is 57.9 Å². The number of β-amino-alcohol motifs (C(OH)–C–C–N with tert-alkyl or cyclic N) is 1. The molecule has 38 heavy (non-hydrogen) atoms. The fourth-order valence-corrected chi connectivity index (χ4v) is 6.41. The molecule has 0 amide bonds. The van der Waals surface area contributed by atoms with Crippen LogP contribution in [0.25, 0.3) is 22.6 Å². The number of halogens is 1. The van der Waals surface area contributed by atoms with Crippen molar-refractivity contribution < 1.29 is 5.11 Å². The molecule has 200 valence electrons. The number of benzene rings is 1. The van der Waals surface area contributed by atoms with Gasteiger partial charge in [-0.15, -0.1) is 11.3 Å². The van der Waals surface area contributed by atoms with Gasteiger partial charge in [-0.3, -0.25) is 9.80 Å². The number of aliphatic hydroxyl groups is 1. The van der Waals surface area contributed by atoms with Crippen LogP contribution in [0.5, 0.6) is 0 Å². The molecule has 0 aliphatic carbocycles. The summed E-state index contributed by atoms with van der Waals surface area (Å²) in [5, 5.41) is 15.6. The Bertz CT molecular complexity index is 1330. The highest BCUT2D eigenvalue weighted by atomic mass is 35.5. The molecule has 0 radical (unpaired) electrons. The van der Waals surface area contributed by atoms with Crippen LogP contribution < -0.4 is 10.2 Å². The van der Waals surface area contributed by atoms with Crippen LogP contribution in [0.1, 0.15) is 17.7 Å². The average Bonchev–Trinajstić information content (AvgIpc) is 3.62. The number of hydrogen-bond acceptors (Lipinski definition) is 8. The first-order valence-electron chi connectivity index (χ1n) is 13.4. The lowest BCUT2D eigenvalue weighted by atomic mass is 10.0. The summed E-state index contributed by atoms with van der Waals surface area (Å²) in [7, 11) is 0. The minimum absolute atomic E-state index is 0.221. The van der Waals surface area contributed by atoms with Crippen LogP contribution in [-0.2, 0) is 6.54 Å². The molecule has 10 heteroatoms. The third-order valence-corrected chi connectivity index (χ3v) is 8.81. The third-order valence-electron chi connectivity index (χ3n) is 7.66. The number of H-pyrrole nitrogens is 1. The zero-order valence-electron chi connectivity index (χ0n) is 21.4. The molecular weight excluding hydrogens is 518 g/mol.